The maximum absolute atomic E-state index is 13.1. The van der Waals surface area contributed by atoms with Crippen molar-refractivity contribution in [3.63, 3.8) is 0 Å². The van der Waals surface area contributed by atoms with Crippen molar-refractivity contribution in [1.82, 2.24) is 9.88 Å². The Morgan fingerprint density at radius 1 is 1.11 bits per heavy atom. The molecule has 0 saturated heterocycles. The standard InChI is InChI=1S/C24H22F3N3O6/c1-14-10-16(15-4-3-5-18(13-15)36-24(25,26)27)12-17(11-14)30(23(35)28-8-6-20(32)33)21-19(31)7-9-29(2)22(21)34/h3-5,7,9-13,31H,6,8H2,1-2H3,(H,28,35)(H,32,33). The van der Waals surface area contributed by atoms with Crippen molar-refractivity contribution < 1.29 is 37.7 Å². The van der Waals surface area contributed by atoms with Crippen molar-refractivity contribution in [1.29, 1.82) is 0 Å². The largest absolute Gasteiger partial charge is 0.573 e. The van der Waals surface area contributed by atoms with Crippen LogP contribution in [-0.4, -0.2) is 39.7 Å². The molecule has 190 valence electrons. The number of aromatic hydroxyl groups is 1. The molecule has 0 spiro atoms. The van der Waals surface area contributed by atoms with E-state index in [1.807, 2.05) is 0 Å². The van der Waals surface area contributed by atoms with Crippen molar-refractivity contribution >= 4 is 23.4 Å². The Labute approximate surface area is 203 Å². The molecule has 0 aliphatic heterocycles. The predicted molar refractivity (Wildman–Crippen MR) is 124 cm³/mol. The number of anilines is 2. The zero-order valence-corrected chi connectivity index (χ0v) is 19.2. The summed E-state index contributed by atoms with van der Waals surface area (Å²) in [5.41, 5.74) is 0.315. The zero-order valence-electron chi connectivity index (χ0n) is 19.2. The smallest absolute Gasteiger partial charge is 0.505 e. The number of carboxylic acid groups (broad SMARTS) is 1. The Morgan fingerprint density at radius 3 is 2.50 bits per heavy atom. The van der Waals surface area contributed by atoms with E-state index >= 15 is 0 Å². The molecular formula is C24H22F3N3O6. The normalized spacial score (nSPS) is 11.1. The van der Waals surface area contributed by atoms with Crippen LogP contribution in [0.2, 0.25) is 0 Å². The quantitative estimate of drug-likeness (QED) is 0.441. The van der Waals surface area contributed by atoms with Crippen LogP contribution in [-0.2, 0) is 11.8 Å². The SMILES string of the molecule is Cc1cc(-c2cccc(OC(F)(F)F)c2)cc(N(C(=O)NCCC(=O)O)c2c(O)ccn(C)c2=O)c1. The van der Waals surface area contributed by atoms with Gasteiger partial charge in [-0.3, -0.25) is 14.5 Å². The van der Waals surface area contributed by atoms with Gasteiger partial charge in [0.25, 0.3) is 5.56 Å². The lowest BCUT2D eigenvalue weighted by atomic mass is 10.0. The predicted octanol–water partition coefficient (Wildman–Crippen LogP) is 4.29. The maximum atomic E-state index is 13.1. The highest BCUT2D eigenvalue weighted by Crippen LogP contribution is 2.35. The van der Waals surface area contributed by atoms with E-state index in [-0.39, 0.29) is 18.7 Å². The summed E-state index contributed by atoms with van der Waals surface area (Å²) in [6.07, 6.45) is -3.97. The first-order chi connectivity index (χ1) is 16.9. The number of hydrogen-bond donors (Lipinski definition) is 3. The summed E-state index contributed by atoms with van der Waals surface area (Å²) < 4.78 is 43.2. The number of alkyl halides is 3. The lowest BCUT2D eigenvalue weighted by molar-refractivity contribution is -0.274. The van der Waals surface area contributed by atoms with Crippen LogP contribution >= 0.6 is 0 Å². The fourth-order valence-corrected chi connectivity index (χ4v) is 3.45. The summed E-state index contributed by atoms with van der Waals surface area (Å²) in [7, 11) is 1.42. The van der Waals surface area contributed by atoms with Gasteiger partial charge in [0.2, 0.25) is 0 Å². The van der Waals surface area contributed by atoms with Gasteiger partial charge in [0.05, 0.1) is 12.1 Å². The summed E-state index contributed by atoms with van der Waals surface area (Å²) in [5.74, 6) is -2.10. The number of nitrogens with zero attached hydrogens (tertiary/aromatic N) is 2. The summed E-state index contributed by atoms with van der Waals surface area (Å²) >= 11 is 0. The van der Waals surface area contributed by atoms with Crippen LogP contribution < -0.4 is 20.5 Å². The number of nitrogens with one attached hydrogen (secondary N) is 1. The first-order valence-electron chi connectivity index (χ1n) is 10.5. The Hall–Kier alpha value is -4.48. The molecule has 0 atom stereocenters. The highest BCUT2D eigenvalue weighted by Gasteiger charge is 2.31. The number of benzene rings is 2. The van der Waals surface area contributed by atoms with E-state index in [2.05, 4.69) is 10.1 Å². The van der Waals surface area contributed by atoms with E-state index in [1.165, 1.54) is 49.6 Å². The minimum absolute atomic E-state index is 0.110. The molecule has 0 fully saturated rings. The number of hydrogen-bond acceptors (Lipinski definition) is 5. The number of urea groups is 1. The zero-order chi connectivity index (χ0) is 26.6. The first-order valence-corrected chi connectivity index (χ1v) is 10.5. The minimum atomic E-state index is -4.88. The molecular weight excluding hydrogens is 483 g/mol. The number of carboxylic acids is 1. The molecule has 9 nitrogen and oxygen atoms in total. The first kappa shape index (κ1) is 26.1. The Kier molecular flexibility index (Phi) is 7.56. The number of pyridine rings is 1. The number of carbonyl (C=O) groups excluding carboxylic acids is 1. The fraction of sp³-hybridized carbons (Fsp3) is 0.208. The van der Waals surface area contributed by atoms with E-state index in [4.69, 9.17) is 5.11 Å². The number of aliphatic carboxylic acids is 1. The van der Waals surface area contributed by atoms with Crippen molar-refractivity contribution in [2.75, 3.05) is 11.4 Å². The molecule has 0 saturated carbocycles. The fourth-order valence-electron chi connectivity index (χ4n) is 3.45. The van der Waals surface area contributed by atoms with Crippen molar-refractivity contribution in [2.45, 2.75) is 19.7 Å². The topological polar surface area (TPSA) is 121 Å². The van der Waals surface area contributed by atoms with Gasteiger partial charge in [-0.15, -0.1) is 13.2 Å². The Bertz CT molecular complexity index is 1350. The number of aryl methyl sites for hydroxylation is 2. The van der Waals surface area contributed by atoms with Crippen LogP contribution in [0.4, 0.5) is 29.3 Å². The minimum Gasteiger partial charge on any atom is -0.505 e. The molecule has 1 aromatic heterocycles. The van der Waals surface area contributed by atoms with Gasteiger partial charge in [0, 0.05) is 19.8 Å². The lowest BCUT2D eigenvalue weighted by Gasteiger charge is -2.25. The van der Waals surface area contributed by atoms with Gasteiger partial charge in [0.15, 0.2) is 5.69 Å². The Morgan fingerprint density at radius 2 is 1.83 bits per heavy atom. The number of halogens is 3. The second-order valence-corrected chi connectivity index (χ2v) is 7.81. The number of carbonyl (C=O) groups is 2. The van der Waals surface area contributed by atoms with Crippen LogP contribution in [0.15, 0.2) is 59.5 Å². The van der Waals surface area contributed by atoms with Crippen LogP contribution in [0.1, 0.15) is 12.0 Å². The van der Waals surface area contributed by atoms with E-state index in [0.717, 1.165) is 15.5 Å². The van der Waals surface area contributed by atoms with E-state index < -0.39 is 41.1 Å². The number of rotatable bonds is 7. The molecule has 2 aromatic carbocycles. The molecule has 0 aliphatic rings. The van der Waals surface area contributed by atoms with Crippen LogP contribution in [0.5, 0.6) is 11.5 Å². The number of amides is 2. The molecule has 3 rings (SSSR count). The summed E-state index contributed by atoms with van der Waals surface area (Å²) in [6, 6.07) is 10.2. The molecule has 1 heterocycles. The average molecular weight is 505 g/mol. The van der Waals surface area contributed by atoms with Crippen LogP contribution in [0, 0.1) is 6.92 Å². The second-order valence-electron chi connectivity index (χ2n) is 7.81. The molecule has 3 N–H and O–H groups in total. The summed E-state index contributed by atoms with van der Waals surface area (Å²) in [5, 5.41) is 21.7. The van der Waals surface area contributed by atoms with Crippen LogP contribution in [0.3, 0.4) is 0 Å². The number of ether oxygens (including phenoxy) is 1. The van der Waals surface area contributed by atoms with Crippen molar-refractivity contribution in [3.8, 4) is 22.6 Å². The lowest BCUT2D eigenvalue weighted by Crippen LogP contribution is -2.41. The average Bonchev–Trinajstić information content (AvgIpc) is 2.77. The third-order valence-electron chi connectivity index (χ3n) is 4.98. The summed E-state index contributed by atoms with van der Waals surface area (Å²) in [4.78, 5) is 37.8. The highest BCUT2D eigenvalue weighted by atomic mass is 19.4. The molecule has 36 heavy (non-hydrogen) atoms. The Balaban J connectivity index is 2.13. The molecule has 12 heteroatoms. The van der Waals surface area contributed by atoms with Gasteiger partial charge in [-0.1, -0.05) is 18.2 Å². The van der Waals surface area contributed by atoms with Gasteiger partial charge in [0.1, 0.15) is 11.5 Å². The number of aromatic nitrogens is 1. The van der Waals surface area contributed by atoms with Crippen LogP contribution in [0.25, 0.3) is 11.1 Å². The van der Waals surface area contributed by atoms with E-state index in [9.17, 15) is 32.7 Å². The second kappa shape index (κ2) is 10.4. The molecule has 0 aliphatic carbocycles. The van der Waals surface area contributed by atoms with Gasteiger partial charge in [-0.25, -0.2) is 4.79 Å². The third kappa shape index (κ3) is 6.34. The third-order valence-corrected chi connectivity index (χ3v) is 4.98. The maximum Gasteiger partial charge on any atom is 0.573 e. The van der Waals surface area contributed by atoms with Gasteiger partial charge in [-0.05, 0) is 53.9 Å². The monoisotopic (exact) mass is 505 g/mol. The van der Waals surface area contributed by atoms with Gasteiger partial charge >= 0.3 is 18.4 Å². The summed E-state index contributed by atoms with van der Waals surface area (Å²) in [6.45, 7) is 1.42. The molecule has 3 aromatic rings. The highest BCUT2D eigenvalue weighted by molar-refractivity contribution is 6.01. The molecule has 0 unspecified atom stereocenters. The van der Waals surface area contributed by atoms with Gasteiger partial charge < -0.3 is 24.8 Å². The molecule has 0 bridgehead atoms. The van der Waals surface area contributed by atoms with Crippen molar-refractivity contribution in [2.24, 2.45) is 7.05 Å². The van der Waals surface area contributed by atoms with Crippen molar-refractivity contribution in [3.05, 3.63) is 70.6 Å². The van der Waals surface area contributed by atoms with E-state index in [1.54, 1.807) is 13.0 Å². The van der Waals surface area contributed by atoms with Gasteiger partial charge in [-0.2, -0.15) is 0 Å². The van der Waals surface area contributed by atoms with E-state index in [0.29, 0.717) is 16.7 Å². The molecule has 2 amide bonds. The molecule has 0 radical (unpaired) electrons.